The van der Waals surface area contributed by atoms with Gasteiger partial charge in [0.1, 0.15) is 11.1 Å². The largest absolute Gasteiger partial charge is 0.325 e. The molecule has 0 saturated heterocycles. The fourth-order valence-electron chi connectivity index (χ4n) is 3.63. The molecule has 2 N–H and O–H groups in total. The normalized spacial score (nSPS) is 11.9. The summed E-state index contributed by atoms with van der Waals surface area (Å²) in [7, 11) is -3.92. The fourth-order valence-corrected chi connectivity index (χ4v) is 5.47. The Morgan fingerprint density at radius 1 is 0.923 bits per heavy atom. The molecule has 198 valence electrons. The first kappa shape index (κ1) is 27.8. The molecule has 11 heteroatoms. The smallest absolute Gasteiger partial charge is 0.264 e. The van der Waals surface area contributed by atoms with Crippen LogP contribution in [0.2, 0.25) is 0 Å². The molecule has 1 unspecified atom stereocenters. The number of aromatic nitrogens is 3. The number of hydrogen-bond donors (Lipinski definition) is 2. The summed E-state index contributed by atoms with van der Waals surface area (Å²) in [5.74, 6) is -0.323. The number of rotatable bonds is 8. The summed E-state index contributed by atoms with van der Waals surface area (Å²) in [5.41, 5.74) is 4.85. The Morgan fingerprint density at radius 2 is 1.56 bits per heavy atom. The summed E-state index contributed by atoms with van der Waals surface area (Å²) >= 11 is 1.18. The van der Waals surface area contributed by atoms with Crippen molar-refractivity contribution in [1.82, 2.24) is 15.0 Å². The molecule has 2 aromatic heterocycles. The molecule has 0 aliphatic rings. The highest BCUT2D eigenvalue weighted by Crippen LogP contribution is 2.29. The number of sulfonamides is 1. The molecule has 0 radical (unpaired) electrons. The minimum Gasteiger partial charge on any atom is -0.325 e. The zero-order valence-electron chi connectivity index (χ0n) is 21.8. The first-order valence-electron chi connectivity index (χ1n) is 11.9. The van der Waals surface area contributed by atoms with Gasteiger partial charge in [0, 0.05) is 22.6 Å². The number of pyridine rings is 1. The Kier molecular flexibility index (Phi) is 8.28. The van der Waals surface area contributed by atoms with Crippen molar-refractivity contribution in [2.75, 3.05) is 10.0 Å². The SMILES string of the molecule is Cc1ccc(-c2ccc(C#N)c(SC(C)C(=O)Nc3ccc(S(=O)(=O)Nc4nc(C)cc(C)n4)cc3)n2)cc1. The van der Waals surface area contributed by atoms with Gasteiger partial charge in [0.15, 0.2) is 0 Å². The second-order valence-electron chi connectivity index (χ2n) is 8.88. The molecule has 2 aromatic carbocycles. The molecular weight excluding hydrogens is 532 g/mol. The van der Waals surface area contributed by atoms with E-state index in [-0.39, 0.29) is 16.8 Å². The fraction of sp³-hybridized carbons (Fsp3) is 0.179. The number of amides is 1. The van der Waals surface area contributed by atoms with Crippen molar-refractivity contribution in [2.45, 2.75) is 42.9 Å². The summed E-state index contributed by atoms with van der Waals surface area (Å²) < 4.78 is 27.9. The van der Waals surface area contributed by atoms with E-state index >= 15 is 0 Å². The van der Waals surface area contributed by atoms with Gasteiger partial charge in [-0.15, -0.1) is 0 Å². The number of aryl methyl sites for hydroxylation is 3. The number of nitrogens with one attached hydrogen (secondary N) is 2. The van der Waals surface area contributed by atoms with Gasteiger partial charge in [0.25, 0.3) is 10.0 Å². The molecule has 4 rings (SSSR count). The molecule has 4 aromatic rings. The molecular formula is C28H26N6O3S2. The van der Waals surface area contributed by atoms with Crippen LogP contribution in [0.1, 0.15) is 29.4 Å². The van der Waals surface area contributed by atoms with E-state index in [1.54, 1.807) is 39.0 Å². The molecule has 1 atom stereocenters. The molecule has 0 spiro atoms. The molecule has 2 heterocycles. The lowest BCUT2D eigenvalue weighted by atomic mass is 10.1. The maximum atomic E-state index is 12.9. The molecule has 0 fully saturated rings. The minimum absolute atomic E-state index is 0.00136. The summed E-state index contributed by atoms with van der Waals surface area (Å²) in [6, 6.07) is 21.0. The second-order valence-corrected chi connectivity index (χ2v) is 11.9. The average Bonchev–Trinajstić information content (AvgIpc) is 2.88. The topological polar surface area (TPSA) is 138 Å². The van der Waals surface area contributed by atoms with Crippen molar-refractivity contribution < 1.29 is 13.2 Å². The maximum absolute atomic E-state index is 12.9. The van der Waals surface area contributed by atoms with Crippen molar-refractivity contribution in [2.24, 2.45) is 0 Å². The van der Waals surface area contributed by atoms with Crippen LogP contribution in [0.15, 0.2) is 76.7 Å². The lowest BCUT2D eigenvalue weighted by molar-refractivity contribution is -0.115. The molecule has 1 amide bonds. The van der Waals surface area contributed by atoms with E-state index in [1.165, 1.54) is 36.0 Å². The lowest BCUT2D eigenvalue weighted by Gasteiger charge is -2.14. The van der Waals surface area contributed by atoms with Crippen LogP contribution < -0.4 is 10.0 Å². The number of benzene rings is 2. The number of anilines is 2. The Morgan fingerprint density at radius 3 is 2.18 bits per heavy atom. The highest BCUT2D eigenvalue weighted by molar-refractivity contribution is 8.00. The summed E-state index contributed by atoms with van der Waals surface area (Å²) in [4.78, 5) is 25.8. The van der Waals surface area contributed by atoms with Crippen molar-refractivity contribution >= 4 is 39.3 Å². The van der Waals surface area contributed by atoms with Crippen LogP contribution in [0, 0.1) is 32.1 Å². The van der Waals surface area contributed by atoms with Crippen LogP contribution in [0.25, 0.3) is 11.3 Å². The van der Waals surface area contributed by atoms with E-state index in [4.69, 9.17) is 0 Å². The number of carbonyl (C=O) groups excluding carboxylic acids is 1. The van der Waals surface area contributed by atoms with Gasteiger partial charge in [-0.25, -0.2) is 28.1 Å². The molecule has 39 heavy (non-hydrogen) atoms. The number of carbonyl (C=O) groups is 1. The third-order valence-corrected chi connectivity index (χ3v) is 8.07. The van der Waals surface area contributed by atoms with Crippen molar-refractivity contribution in [3.63, 3.8) is 0 Å². The van der Waals surface area contributed by atoms with Crippen LogP contribution >= 0.6 is 11.8 Å². The number of hydrogen-bond acceptors (Lipinski definition) is 8. The lowest BCUT2D eigenvalue weighted by Crippen LogP contribution is -2.22. The van der Waals surface area contributed by atoms with Crippen molar-refractivity contribution in [1.29, 1.82) is 5.26 Å². The van der Waals surface area contributed by atoms with E-state index in [9.17, 15) is 18.5 Å². The van der Waals surface area contributed by atoms with Crippen LogP contribution in [-0.2, 0) is 14.8 Å². The van der Waals surface area contributed by atoms with Gasteiger partial charge < -0.3 is 5.32 Å². The number of nitriles is 1. The standard InChI is InChI=1S/C28H26N6O3S2/c1-17-5-7-21(8-6-17)25-14-9-22(16-29)27(33-25)38-20(4)26(35)32-23-10-12-24(13-11-23)39(36,37)34-28-30-18(2)15-19(3)31-28/h5-15,20H,1-4H3,(H,32,35)(H,30,31,34). The van der Waals surface area contributed by atoms with Crippen LogP contribution in [0.4, 0.5) is 11.6 Å². The average molecular weight is 559 g/mol. The van der Waals surface area contributed by atoms with Gasteiger partial charge >= 0.3 is 0 Å². The summed E-state index contributed by atoms with van der Waals surface area (Å²) in [5, 5.41) is 12.2. The first-order valence-corrected chi connectivity index (χ1v) is 14.3. The van der Waals surface area contributed by atoms with Crippen LogP contribution in [0.3, 0.4) is 0 Å². The quantitative estimate of drug-likeness (QED) is 0.280. The van der Waals surface area contributed by atoms with Gasteiger partial charge in [-0.05, 0) is 70.2 Å². The van der Waals surface area contributed by atoms with E-state index in [1.807, 2.05) is 31.2 Å². The van der Waals surface area contributed by atoms with Crippen molar-refractivity contribution in [3.05, 3.63) is 89.2 Å². The monoisotopic (exact) mass is 558 g/mol. The second kappa shape index (κ2) is 11.6. The predicted octanol–water partition coefficient (Wildman–Crippen LogP) is 5.26. The molecule has 9 nitrogen and oxygen atoms in total. The van der Waals surface area contributed by atoms with Crippen LogP contribution in [-0.4, -0.2) is 34.5 Å². The maximum Gasteiger partial charge on any atom is 0.264 e. The Labute approximate surface area is 231 Å². The number of thioether (sulfide) groups is 1. The van der Waals surface area contributed by atoms with Gasteiger partial charge in [-0.2, -0.15) is 5.26 Å². The van der Waals surface area contributed by atoms with Crippen molar-refractivity contribution in [3.8, 4) is 17.3 Å². The zero-order chi connectivity index (χ0) is 28.2. The molecule has 0 bridgehead atoms. The van der Waals surface area contributed by atoms with E-state index < -0.39 is 15.3 Å². The molecule has 0 aliphatic carbocycles. The van der Waals surface area contributed by atoms with Gasteiger partial charge in [-0.3, -0.25) is 4.79 Å². The van der Waals surface area contributed by atoms with E-state index in [0.717, 1.165) is 11.1 Å². The van der Waals surface area contributed by atoms with Gasteiger partial charge in [-0.1, -0.05) is 41.6 Å². The molecule has 0 aliphatic heterocycles. The van der Waals surface area contributed by atoms with Gasteiger partial charge in [0.05, 0.1) is 21.4 Å². The zero-order valence-corrected chi connectivity index (χ0v) is 23.4. The first-order chi connectivity index (χ1) is 18.5. The Balaban J connectivity index is 1.44. The Bertz CT molecular complexity index is 1650. The Hall–Kier alpha value is -4.27. The highest BCUT2D eigenvalue weighted by atomic mass is 32.2. The van der Waals surface area contributed by atoms with E-state index in [0.29, 0.717) is 33.4 Å². The highest BCUT2D eigenvalue weighted by Gasteiger charge is 2.20. The summed E-state index contributed by atoms with van der Waals surface area (Å²) in [6.07, 6.45) is 0. The predicted molar refractivity (Wildman–Crippen MR) is 152 cm³/mol. The van der Waals surface area contributed by atoms with E-state index in [2.05, 4.69) is 31.1 Å². The van der Waals surface area contributed by atoms with Crippen LogP contribution in [0.5, 0.6) is 0 Å². The number of nitrogens with zero attached hydrogens (tertiary/aromatic N) is 4. The minimum atomic E-state index is -3.92. The molecule has 0 saturated carbocycles. The van der Waals surface area contributed by atoms with Gasteiger partial charge in [0.2, 0.25) is 11.9 Å². The summed E-state index contributed by atoms with van der Waals surface area (Å²) in [6.45, 7) is 7.22. The third-order valence-electron chi connectivity index (χ3n) is 5.63. The third kappa shape index (κ3) is 6.98.